The van der Waals surface area contributed by atoms with Gasteiger partial charge in [0.1, 0.15) is 18.2 Å². The monoisotopic (exact) mass is 343 g/mol. The van der Waals surface area contributed by atoms with Crippen LogP contribution >= 0.6 is 27.5 Å². The van der Waals surface area contributed by atoms with Gasteiger partial charge in [-0.05, 0) is 29.8 Å². The van der Waals surface area contributed by atoms with E-state index in [9.17, 15) is 4.39 Å². The highest BCUT2D eigenvalue weighted by Gasteiger charge is 2.08. The number of hydrogen-bond donors (Lipinski definition) is 1. The molecule has 2 N–H and O–H groups in total. The van der Waals surface area contributed by atoms with Crippen molar-refractivity contribution in [3.63, 3.8) is 0 Å². The highest BCUT2D eigenvalue weighted by Crippen LogP contribution is 2.29. The lowest BCUT2D eigenvalue weighted by atomic mass is 10.2. The fourth-order valence-electron chi connectivity index (χ4n) is 1.73. The van der Waals surface area contributed by atoms with E-state index in [4.69, 9.17) is 22.1 Å². The topological polar surface area (TPSA) is 35.2 Å². The first-order chi connectivity index (χ1) is 9.10. The average molecular weight is 345 g/mol. The summed E-state index contributed by atoms with van der Waals surface area (Å²) in [6.07, 6.45) is 0. The van der Waals surface area contributed by atoms with Crippen molar-refractivity contribution < 1.29 is 9.13 Å². The number of benzene rings is 2. The molecule has 0 unspecified atom stereocenters. The zero-order chi connectivity index (χ0) is 13.8. The summed E-state index contributed by atoms with van der Waals surface area (Å²) in [5.74, 6) is 0.234. The molecule has 0 spiro atoms. The van der Waals surface area contributed by atoms with Crippen LogP contribution in [0.3, 0.4) is 0 Å². The molecule has 2 rings (SSSR count). The Hall–Kier alpha value is -1.10. The van der Waals surface area contributed by atoms with Crippen molar-refractivity contribution >= 4 is 27.5 Å². The normalized spacial score (nSPS) is 10.5. The smallest absolute Gasteiger partial charge is 0.142 e. The van der Waals surface area contributed by atoms with Gasteiger partial charge in [-0.2, -0.15) is 0 Å². The molecule has 5 heteroatoms. The van der Waals surface area contributed by atoms with Gasteiger partial charge in [-0.15, -0.1) is 0 Å². The zero-order valence-corrected chi connectivity index (χ0v) is 12.3. The van der Waals surface area contributed by atoms with Crippen LogP contribution in [-0.2, 0) is 13.2 Å². The summed E-state index contributed by atoms with van der Waals surface area (Å²) in [6.45, 7) is 0.565. The van der Waals surface area contributed by atoms with E-state index >= 15 is 0 Å². The summed E-state index contributed by atoms with van der Waals surface area (Å²) in [6, 6.07) is 10.0. The quantitative estimate of drug-likeness (QED) is 0.898. The van der Waals surface area contributed by atoms with E-state index in [1.165, 1.54) is 12.1 Å². The summed E-state index contributed by atoms with van der Waals surface area (Å²) in [5, 5.41) is 0.499. The Morgan fingerprint density at radius 1 is 1.26 bits per heavy atom. The second-order valence-electron chi connectivity index (χ2n) is 4.00. The van der Waals surface area contributed by atoms with Gasteiger partial charge in [-0.1, -0.05) is 39.7 Å². The first-order valence-corrected chi connectivity index (χ1v) is 6.82. The fraction of sp³-hybridized carbons (Fsp3) is 0.143. The predicted molar refractivity (Wildman–Crippen MR) is 77.8 cm³/mol. The first kappa shape index (κ1) is 14.3. The lowest BCUT2D eigenvalue weighted by Crippen LogP contribution is -2.03. The molecule has 0 aliphatic carbocycles. The minimum absolute atomic E-state index is 0.229. The maximum Gasteiger partial charge on any atom is 0.142 e. The second-order valence-corrected chi connectivity index (χ2v) is 5.32. The Morgan fingerprint density at radius 3 is 2.74 bits per heavy atom. The van der Waals surface area contributed by atoms with Crippen molar-refractivity contribution in [3.05, 3.63) is 62.8 Å². The van der Waals surface area contributed by atoms with Gasteiger partial charge in [0.15, 0.2) is 0 Å². The van der Waals surface area contributed by atoms with E-state index in [-0.39, 0.29) is 12.4 Å². The van der Waals surface area contributed by atoms with Crippen LogP contribution < -0.4 is 10.5 Å². The largest absolute Gasteiger partial charge is 0.487 e. The van der Waals surface area contributed by atoms with Crippen LogP contribution in [0.4, 0.5) is 4.39 Å². The molecule has 0 aromatic heterocycles. The van der Waals surface area contributed by atoms with Crippen molar-refractivity contribution in [3.8, 4) is 5.75 Å². The Labute approximate surface area is 124 Å². The SMILES string of the molecule is NCc1cccc(Cl)c1OCc1cc(F)cc(Br)c1. The summed E-state index contributed by atoms with van der Waals surface area (Å²) in [7, 11) is 0. The van der Waals surface area contributed by atoms with Gasteiger partial charge in [0.2, 0.25) is 0 Å². The molecule has 2 aromatic rings. The maximum absolute atomic E-state index is 13.2. The number of rotatable bonds is 4. The molecule has 0 aliphatic rings. The minimum atomic E-state index is -0.314. The van der Waals surface area contributed by atoms with Crippen molar-refractivity contribution in [2.45, 2.75) is 13.2 Å². The molecule has 0 amide bonds. The highest BCUT2D eigenvalue weighted by atomic mass is 79.9. The Kier molecular flexibility index (Phi) is 4.80. The molecule has 0 bridgehead atoms. The number of ether oxygens (including phenoxy) is 1. The van der Waals surface area contributed by atoms with Crippen molar-refractivity contribution in [1.29, 1.82) is 0 Å². The summed E-state index contributed by atoms with van der Waals surface area (Å²) in [5.41, 5.74) is 7.17. The maximum atomic E-state index is 13.2. The lowest BCUT2D eigenvalue weighted by Gasteiger charge is -2.12. The summed E-state index contributed by atoms with van der Waals surface area (Å²) >= 11 is 9.31. The standard InChI is InChI=1S/C14H12BrClFNO/c15-11-4-9(5-12(17)6-11)8-19-14-10(7-18)2-1-3-13(14)16/h1-6H,7-8,18H2. The molecule has 0 radical (unpaired) electrons. The van der Waals surface area contributed by atoms with Crippen LogP contribution in [0.25, 0.3) is 0 Å². The van der Waals surface area contributed by atoms with Gasteiger partial charge in [0, 0.05) is 16.6 Å². The summed E-state index contributed by atoms with van der Waals surface area (Å²) in [4.78, 5) is 0. The molecule has 2 aromatic carbocycles. The Morgan fingerprint density at radius 2 is 2.05 bits per heavy atom. The van der Waals surface area contributed by atoms with E-state index in [1.54, 1.807) is 12.1 Å². The molecular weight excluding hydrogens is 333 g/mol. The molecular formula is C14H12BrClFNO. The van der Waals surface area contributed by atoms with Gasteiger partial charge in [-0.3, -0.25) is 0 Å². The number of halogens is 3. The van der Waals surface area contributed by atoms with Crippen molar-refractivity contribution in [1.82, 2.24) is 0 Å². The van der Waals surface area contributed by atoms with Crippen LogP contribution in [0.2, 0.25) is 5.02 Å². The van der Waals surface area contributed by atoms with E-state index in [1.807, 2.05) is 12.1 Å². The third-order valence-electron chi connectivity index (χ3n) is 2.57. The Balaban J connectivity index is 2.18. The first-order valence-electron chi connectivity index (χ1n) is 5.65. The molecule has 0 heterocycles. The van der Waals surface area contributed by atoms with Gasteiger partial charge in [0.25, 0.3) is 0 Å². The third-order valence-corrected chi connectivity index (χ3v) is 3.33. The molecule has 0 saturated heterocycles. The fourth-order valence-corrected chi connectivity index (χ4v) is 2.49. The summed E-state index contributed by atoms with van der Waals surface area (Å²) < 4.78 is 19.6. The van der Waals surface area contributed by atoms with Crippen molar-refractivity contribution in [2.75, 3.05) is 0 Å². The second kappa shape index (κ2) is 6.37. The van der Waals surface area contributed by atoms with Gasteiger partial charge in [-0.25, -0.2) is 4.39 Å². The van der Waals surface area contributed by atoms with Crippen LogP contribution in [0.15, 0.2) is 40.9 Å². The predicted octanol–water partition coefficient (Wildman–Crippen LogP) is 4.28. The van der Waals surface area contributed by atoms with E-state index in [0.29, 0.717) is 21.8 Å². The highest BCUT2D eigenvalue weighted by molar-refractivity contribution is 9.10. The van der Waals surface area contributed by atoms with Crippen LogP contribution in [0, 0.1) is 5.82 Å². The zero-order valence-electron chi connectivity index (χ0n) is 10.00. The molecule has 2 nitrogen and oxygen atoms in total. The lowest BCUT2D eigenvalue weighted by molar-refractivity contribution is 0.302. The molecule has 0 saturated carbocycles. The Bertz CT molecular complexity index is 571. The third kappa shape index (κ3) is 3.69. The molecule has 100 valence electrons. The average Bonchev–Trinajstić information content (AvgIpc) is 2.36. The van der Waals surface area contributed by atoms with E-state index < -0.39 is 0 Å². The van der Waals surface area contributed by atoms with Crippen LogP contribution in [0.5, 0.6) is 5.75 Å². The van der Waals surface area contributed by atoms with E-state index in [2.05, 4.69) is 15.9 Å². The van der Waals surface area contributed by atoms with Crippen LogP contribution in [-0.4, -0.2) is 0 Å². The van der Waals surface area contributed by atoms with Crippen molar-refractivity contribution in [2.24, 2.45) is 5.73 Å². The molecule has 0 aliphatic heterocycles. The molecule has 0 atom stereocenters. The van der Waals surface area contributed by atoms with Gasteiger partial charge in [0.05, 0.1) is 5.02 Å². The minimum Gasteiger partial charge on any atom is -0.487 e. The molecule has 19 heavy (non-hydrogen) atoms. The van der Waals surface area contributed by atoms with Gasteiger partial charge < -0.3 is 10.5 Å². The number of hydrogen-bond acceptors (Lipinski definition) is 2. The van der Waals surface area contributed by atoms with Gasteiger partial charge >= 0.3 is 0 Å². The van der Waals surface area contributed by atoms with E-state index in [0.717, 1.165) is 11.1 Å². The number of nitrogens with two attached hydrogens (primary N) is 1. The molecule has 0 fully saturated rings. The number of para-hydroxylation sites is 1. The van der Waals surface area contributed by atoms with Crippen LogP contribution in [0.1, 0.15) is 11.1 Å².